The van der Waals surface area contributed by atoms with Gasteiger partial charge >= 0.3 is 0 Å². The molecular formula is C25H27NO2. The van der Waals surface area contributed by atoms with E-state index in [1.54, 1.807) is 0 Å². The molecule has 0 aliphatic heterocycles. The number of aryl methyl sites for hydroxylation is 2. The molecule has 0 heterocycles. The van der Waals surface area contributed by atoms with Gasteiger partial charge in [-0.2, -0.15) is 0 Å². The van der Waals surface area contributed by atoms with Crippen LogP contribution in [0.3, 0.4) is 0 Å². The summed E-state index contributed by atoms with van der Waals surface area (Å²) in [5, 5.41) is 2.20. The Labute approximate surface area is 166 Å². The molecule has 0 spiro atoms. The number of hydrogen-bond donors (Lipinski definition) is 0. The maximum absolute atomic E-state index is 13.2. The minimum atomic E-state index is 0.110. The summed E-state index contributed by atoms with van der Waals surface area (Å²) in [6.45, 7) is 5.71. The molecular weight excluding hydrogens is 346 g/mol. The number of carbonyl (C=O) groups is 1. The van der Waals surface area contributed by atoms with Gasteiger partial charge in [-0.25, -0.2) is 0 Å². The largest absolute Gasteiger partial charge is 0.492 e. The van der Waals surface area contributed by atoms with E-state index in [0.29, 0.717) is 6.61 Å². The Morgan fingerprint density at radius 3 is 2.25 bits per heavy atom. The van der Waals surface area contributed by atoms with Gasteiger partial charge < -0.3 is 9.64 Å². The standard InChI is InChI=1S/C25H27NO2/c1-5-16-7-9-18-20(13-16)23(28-12-11-26(3)4)15-22-24(18)19-10-8-17(6-2)14-21(19)25(22)27/h7-10,13-15H,5-6,11-12H2,1-4H3. The van der Waals surface area contributed by atoms with Crippen molar-refractivity contribution in [2.24, 2.45) is 0 Å². The van der Waals surface area contributed by atoms with Crippen LogP contribution in [0, 0.1) is 0 Å². The van der Waals surface area contributed by atoms with E-state index in [0.717, 1.165) is 58.2 Å². The van der Waals surface area contributed by atoms with Crippen molar-refractivity contribution in [3.63, 3.8) is 0 Å². The molecule has 0 saturated carbocycles. The molecule has 4 rings (SSSR count). The molecule has 3 aromatic rings. The maximum Gasteiger partial charge on any atom is 0.194 e. The molecule has 0 amide bonds. The molecule has 3 nitrogen and oxygen atoms in total. The van der Waals surface area contributed by atoms with Crippen molar-refractivity contribution in [3.8, 4) is 16.9 Å². The number of benzene rings is 3. The van der Waals surface area contributed by atoms with Gasteiger partial charge in [0.15, 0.2) is 5.78 Å². The molecule has 3 aromatic carbocycles. The highest BCUT2D eigenvalue weighted by Gasteiger charge is 2.30. The fourth-order valence-corrected chi connectivity index (χ4v) is 3.95. The predicted molar refractivity (Wildman–Crippen MR) is 116 cm³/mol. The molecule has 0 atom stereocenters. The highest BCUT2D eigenvalue weighted by atomic mass is 16.5. The van der Waals surface area contributed by atoms with E-state index in [9.17, 15) is 4.79 Å². The van der Waals surface area contributed by atoms with Crippen molar-refractivity contribution in [1.29, 1.82) is 0 Å². The Balaban J connectivity index is 1.91. The monoisotopic (exact) mass is 373 g/mol. The van der Waals surface area contributed by atoms with Crippen molar-refractivity contribution < 1.29 is 9.53 Å². The molecule has 0 radical (unpaired) electrons. The van der Waals surface area contributed by atoms with Gasteiger partial charge in [0.25, 0.3) is 0 Å². The molecule has 0 N–H and O–H groups in total. The number of fused-ring (bicyclic) bond motifs is 5. The Kier molecular flexibility index (Phi) is 4.94. The van der Waals surface area contributed by atoms with Crippen molar-refractivity contribution in [2.45, 2.75) is 26.7 Å². The first-order valence-corrected chi connectivity index (χ1v) is 10.1. The van der Waals surface area contributed by atoms with E-state index in [1.807, 2.05) is 20.2 Å². The van der Waals surface area contributed by atoms with Crippen LogP contribution in [0.25, 0.3) is 21.9 Å². The van der Waals surface area contributed by atoms with Gasteiger partial charge in [-0.1, -0.05) is 38.1 Å². The van der Waals surface area contributed by atoms with Crippen LogP contribution in [-0.4, -0.2) is 37.9 Å². The Morgan fingerprint density at radius 2 is 1.54 bits per heavy atom. The molecule has 3 heteroatoms. The summed E-state index contributed by atoms with van der Waals surface area (Å²) in [5.41, 5.74) is 6.16. The maximum atomic E-state index is 13.2. The van der Waals surface area contributed by atoms with E-state index in [4.69, 9.17) is 4.74 Å². The van der Waals surface area contributed by atoms with Crippen LogP contribution >= 0.6 is 0 Å². The molecule has 0 saturated heterocycles. The van der Waals surface area contributed by atoms with E-state index >= 15 is 0 Å². The van der Waals surface area contributed by atoms with Gasteiger partial charge in [-0.3, -0.25) is 4.79 Å². The first kappa shape index (κ1) is 18.7. The van der Waals surface area contributed by atoms with Crippen LogP contribution in [0.2, 0.25) is 0 Å². The van der Waals surface area contributed by atoms with Crippen LogP contribution in [0.4, 0.5) is 0 Å². The average molecular weight is 373 g/mol. The van der Waals surface area contributed by atoms with Gasteiger partial charge in [-0.05, 0) is 67.2 Å². The number of ketones is 1. The fraction of sp³-hybridized carbons (Fsp3) is 0.320. The molecule has 1 aliphatic rings. The quantitative estimate of drug-likeness (QED) is 0.470. The zero-order valence-electron chi connectivity index (χ0n) is 17.1. The van der Waals surface area contributed by atoms with Crippen molar-refractivity contribution in [3.05, 3.63) is 64.7 Å². The Bertz CT molecular complexity index is 1070. The lowest BCUT2D eigenvalue weighted by atomic mass is 9.95. The summed E-state index contributed by atoms with van der Waals surface area (Å²) in [7, 11) is 4.07. The minimum Gasteiger partial charge on any atom is -0.492 e. The van der Waals surface area contributed by atoms with Crippen molar-refractivity contribution in [2.75, 3.05) is 27.2 Å². The van der Waals surface area contributed by atoms with E-state index < -0.39 is 0 Å². The highest BCUT2D eigenvalue weighted by Crippen LogP contribution is 2.45. The van der Waals surface area contributed by atoms with E-state index in [-0.39, 0.29) is 5.78 Å². The summed E-state index contributed by atoms with van der Waals surface area (Å²) in [6.07, 6.45) is 1.90. The molecule has 144 valence electrons. The van der Waals surface area contributed by atoms with Crippen molar-refractivity contribution >= 4 is 16.6 Å². The van der Waals surface area contributed by atoms with Crippen LogP contribution in [0.1, 0.15) is 40.9 Å². The number of hydrogen-bond acceptors (Lipinski definition) is 3. The molecule has 0 fully saturated rings. The Morgan fingerprint density at radius 1 is 0.821 bits per heavy atom. The minimum absolute atomic E-state index is 0.110. The summed E-state index contributed by atoms with van der Waals surface area (Å²) in [5.74, 6) is 0.919. The zero-order chi connectivity index (χ0) is 19.8. The second-order valence-corrected chi connectivity index (χ2v) is 7.75. The number of ether oxygens (including phenoxy) is 1. The SMILES string of the molecule is CCc1ccc2c(c1)C(=O)c1cc(OCCN(C)C)c3cc(CC)ccc3c1-2. The van der Waals surface area contributed by atoms with Crippen LogP contribution in [-0.2, 0) is 12.8 Å². The average Bonchev–Trinajstić information content (AvgIpc) is 2.99. The third-order valence-electron chi connectivity index (χ3n) is 5.62. The number of nitrogens with zero attached hydrogens (tertiary/aromatic N) is 1. The zero-order valence-corrected chi connectivity index (χ0v) is 17.1. The van der Waals surface area contributed by atoms with Crippen LogP contribution < -0.4 is 4.74 Å². The topological polar surface area (TPSA) is 29.5 Å². The first-order valence-electron chi connectivity index (χ1n) is 10.1. The van der Waals surface area contributed by atoms with Gasteiger partial charge in [-0.15, -0.1) is 0 Å². The molecule has 28 heavy (non-hydrogen) atoms. The van der Waals surface area contributed by atoms with Crippen molar-refractivity contribution in [1.82, 2.24) is 4.90 Å². The van der Waals surface area contributed by atoms with Crippen LogP contribution in [0.15, 0.2) is 42.5 Å². The van der Waals surface area contributed by atoms with Gasteiger partial charge in [0.1, 0.15) is 12.4 Å². The normalized spacial score (nSPS) is 12.5. The van der Waals surface area contributed by atoms with Crippen LogP contribution in [0.5, 0.6) is 5.75 Å². The highest BCUT2D eigenvalue weighted by molar-refractivity contribution is 6.26. The number of likely N-dealkylation sites (N-methyl/N-ethyl adjacent to an activating group) is 1. The van der Waals surface area contributed by atoms with Gasteiger partial charge in [0, 0.05) is 28.6 Å². The lowest BCUT2D eigenvalue weighted by molar-refractivity contribution is 0.104. The summed E-state index contributed by atoms with van der Waals surface area (Å²) < 4.78 is 6.15. The van der Waals surface area contributed by atoms with Gasteiger partial charge in [0.05, 0.1) is 0 Å². The van der Waals surface area contributed by atoms with E-state index in [2.05, 4.69) is 55.1 Å². The predicted octanol–water partition coefficient (Wildman–Crippen LogP) is 5.12. The first-order chi connectivity index (χ1) is 13.5. The smallest absolute Gasteiger partial charge is 0.194 e. The summed E-state index contributed by atoms with van der Waals surface area (Å²) in [6, 6.07) is 14.8. The Hall–Kier alpha value is -2.65. The molecule has 0 bridgehead atoms. The second-order valence-electron chi connectivity index (χ2n) is 7.75. The molecule has 1 aliphatic carbocycles. The lowest BCUT2D eigenvalue weighted by Gasteiger charge is -2.16. The summed E-state index contributed by atoms with van der Waals surface area (Å²) >= 11 is 0. The third kappa shape index (κ3) is 3.10. The molecule has 0 unspecified atom stereocenters. The van der Waals surface area contributed by atoms with Gasteiger partial charge in [0.2, 0.25) is 0 Å². The number of rotatable bonds is 6. The molecule has 0 aromatic heterocycles. The lowest BCUT2D eigenvalue weighted by Crippen LogP contribution is -2.19. The third-order valence-corrected chi connectivity index (χ3v) is 5.62. The summed E-state index contributed by atoms with van der Waals surface area (Å²) in [4.78, 5) is 15.3. The van der Waals surface area contributed by atoms with E-state index in [1.165, 1.54) is 11.1 Å². The fourth-order valence-electron chi connectivity index (χ4n) is 3.95. The number of carbonyl (C=O) groups excluding carboxylic acids is 1. The second kappa shape index (κ2) is 7.40.